The zero-order valence-electron chi connectivity index (χ0n) is 13.3. The first kappa shape index (κ1) is 18.1. The van der Waals surface area contributed by atoms with Crippen molar-refractivity contribution in [3.05, 3.63) is 68.5 Å². The molecule has 0 amide bonds. The number of hydrogen-bond acceptors (Lipinski definition) is 3. The third-order valence-corrected chi connectivity index (χ3v) is 5.10. The molecule has 25 heavy (non-hydrogen) atoms. The van der Waals surface area contributed by atoms with Crippen molar-refractivity contribution >= 4 is 57.6 Å². The van der Waals surface area contributed by atoms with Gasteiger partial charge in [0.05, 0.1) is 10.7 Å². The second kappa shape index (κ2) is 8.15. The summed E-state index contributed by atoms with van der Waals surface area (Å²) in [5.41, 5.74) is 3.86. The maximum Gasteiger partial charge on any atom is 0.171 e. The fourth-order valence-corrected chi connectivity index (χ4v) is 3.56. The lowest BCUT2D eigenvalue weighted by Crippen LogP contribution is -2.28. The van der Waals surface area contributed by atoms with Crippen LogP contribution in [0.4, 0.5) is 5.69 Å². The minimum absolute atomic E-state index is 0.521. The van der Waals surface area contributed by atoms with E-state index < -0.39 is 0 Å². The molecule has 0 aliphatic rings. The van der Waals surface area contributed by atoms with E-state index in [9.17, 15) is 0 Å². The highest BCUT2D eigenvalue weighted by atomic mass is 35.5. The van der Waals surface area contributed by atoms with Crippen LogP contribution in [0.2, 0.25) is 10.0 Å². The van der Waals surface area contributed by atoms with Gasteiger partial charge in [-0.1, -0.05) is 41.4 Å². The van der Waals surface area contributed by atoms with Crippen molar-refractivity contribution < 1.29 is 0 Å². The molecule has 0 saturated heterocycles. The molecule has 1 aromatic heterocycles. The molecule has 0 saturated carbocycles. The fraction of sp³-hybridized carbons (Fsp3) is 0.111. The molecule has 0 atom stereocenters. The van der Waals surface area contributed by atoms with Crippen molar-refractivity contribution in [3.63, 3.8) is 0 Å². The van der Waals surface area contributed by atoms with Gasteiger partial charge in [0, 0.05) is 33.2 Å². The summed E-state index contributed by atoms with van der Waals surface area (Å²) in [6.07, 6.45) is 0. The molecule has 1 heterocycles. The van der Waals surface area contributed by atoms with E-state index in [1.54, 1.807) is 23.5 Å². The van der Waals surface area contributed by atoms with Gasteiger partial charge in [-0.15, -0.1) is 11.3 Å². The number of benzene rings is 2. The van der Waals surface area contributed by atoms with E-state index in [0.717, 1.165) is 27.5 Å². The molecule has 7 heteroatoms. The molecule has 3 rings (SSSR count). The number of nitrogens with one attached hydrogen (secondary N) is 2. The number of hydrogen-bond donors (Lipinski definition) is 2. The fourth-order valence-electron chi connectivity index (χ4n) is 2.27. The van der Waals surface area contributed by atoms with Crippen molar-refractivity contribution in [1.29, 1.82) is 0 Å². The topological polar surface area (TPSA) is 37.0 Å². The average molecular weight is 408 g/mol. The van der Waals surface area contributed by atoms with Crippen molar-refractivity contribution in [1.82, 2.24) is 10.3 Å². The van der Waals surface area contributed by atoms with Crippen LogP contribution in [0.15, 0.2) is 47.8 Å². The van der Waals surface area contributed by atoms with Crippen LogP contribution in [0.5, 0.6) is 0 Å². The highest BCUT2D eigenvalue weighted by Crippen LogP contribution is 2.24. The second-order valence-electron chi connectivity index (χ2n) is 5.38. The third-order valence-electron chi connectivity index (χ3n) is 3.49. The number of thiocarbonyl (C=S) groups is 1. The molecule has 128 valence electrons. The summed E-state index contributed by atoms with van der Waals surface area (Å²) in [7, 11) is 0. The Morgan fingerprint density at radius 1 is 1.20 bits per heavy atom. The SMILES string of the molecule is Cc1nc(-c2cccc(NC(=S)NCc3ccc(Cl)cc3Cl)c2)cs1. The van der Waals surface area contributed by atoms with Gasteiger partial charge in [-0.25, -0.2) is 4.98 Å². The van der Waals surface area contributed by atoms with Gasteiger partial charge in [0.1, 0.15) is 0 Å². The number of halogens is 2. The predicted molar refractivity (Wildman–Crippen MR) is 112 cm³/mol. The van der Waals surface area contributed by atoms with Gasteiger partial charge >= 0.3 is 0 Å². The molecule has 0 spiro atoms. The Balaban J connectivity index is 1.63. The van der Waals surface area contributed by atoms with Crippen LogP contribution >= 0.6 is 46.8 Å². The minimum atomic E-state index is 0.521. The van der Waals surface area contributed by atoms with Crippen LogP contribution in [0.25, 0.3) is 11.3 Å². The molecule has 2 N–H and O–H groups in total. The number of aromatic nitrogens is 1. The number of anilines is 1. The summed E-state index contributed by atoms with van der Waals surface area (Å²) in [4.78, 5) is 4.51. The largest absolute Gasteiger partial charge is 0.358 e. The van der Waals surface area contributed by atoms with Crippen molar-refractivity contribution in [3.8, 4) is 11.3 Å². The van der Waals surface area contributed by atoms with Gasteiger partial charge in [0.15, 0.2) is 5.11 Å². The Bertz CT molecular complexity index is 909. The summed E-state index contributed by atoms with van der Waals surface area (Å²) in [6, 6.07) is 13.4. The number of rotatable bonds is 4. The maximum atomic E-state index is 6.17. The first-order chi connectivity index (χ1) is 12.0. The molecule has 0 fully saturated rings. The molecule has 0 bridgehead atoms. The van der Waals surface area contributed by atoms with Crippen LogP contribution < -0.4 is 10.6 Å². The molecule has 0 unspecified atom stereocenters. The van der Waals surface area contributed by atoms with Crippen molar-refractivity contribution in [2.75, 3.05) is 5.32 Å². The lowest BCUT2D eigenvalue weighted by atomic mass is 10.1. The van der Waals surface area contributed by atoms with Crippen LogP contribution in [0, 0.1) is 6.92 Å². The Morgan fingerprint density at radius 2 is 2.04 bits per heavy atom. The summed E-state index contributed by atoms with van der Waals surface area (Å²) < 4.78 is 0. The van der Waals surface area contributed by atoms with Crippen molar-refractivity contribution in [2.45, 2.75) is 13.5 Å². The molecule has 3 aromatic rings. The smallest absolute Gasteiger partial charge is 0.171 e. The lowest BCUT2D eigenvalue weighted by Gasteiger charge is -2.12. The molecule has 2 aromatic carbocycles. The van der Waals surface area contributed by atoms with Crippen LogP contribution in [-0.2, 0) is 6.54 Å². The van der Waals surface area contributed by atoms with Gasteiger partial charge < -0.3 is 10.6 Å². The number of aryl methyl sites for hydroxylation is 1. The Hall–Kier alpha value is -1.66. The van der Waals surface area contributed by atoms with E-state index >= 15 is 0 Å². The zero-order valence-corrected chi connectivity index (χ0v) is 16.5. The van der Waals surface area contributed by atoms with Gasteiger partial charge in [0.25, 0.3) is 0 Å². The minimum Gasteiger partial charge on any atom is -0.358 e. The van der Waals surface area contributed by atoms with E-state index in [2.05, 4.69) is 15.6 Å². The van der Waals surface area contributed by atoms with Crippen LogP contribution in [0.1, 0.15) is 10.6 Å². The first-order valence-electron chi connectivity index (χ1n) is 7.52. The van der Waals surface area contributed by atoms with Crippen LogP contribution in [0.3, 0.4) is 0 Å². The van der Waals surface area contributed by atoms with Gasteiger partial charge in [0.2, 0.25) is 0 Å². The van der Waals surface area contributed by atoms with E-state index in [0.29, 0.717) is 21.7 Å². The molecule has 0 radical (unpaired) electrons. The quantitative estimate of drug-likeness (QED) is 0.526. The molecular weight excluding hydrogens is 393 g/mol. The number of nitrogens with zero attached hydrogens (tertiary/aromatic N) is 1. The average Bonchev–Trinajstić information content (AvgIpc) is 3.01. The Morgan fingerprint density at radius 3 is 2.76 bits per heavy atom. The van der Waals surface area contributed by atoms with Gasteiger partial charge in [-0.3, -0.25) is 0 Å². The second-order valence-corrected chi connectivity index (χ2v) is 7.69. The van der Waals surface area contributed by atoms with Crippen LogP contribution in [-0.4, -0.2) is 10.1 Å². The molecular formula is C18H15Cl2N3S2. The zero-order chi connectivity index (χ0) is 17.8. The Kier molecular flexibility index (Phi) is 5.91. The predicted octanol–water partition coefficient (Wildman–Crippen LogP) is 5.91. The van der Waals surface area contributed by atoms with E-state index in [1.807, 2.05) is 42.6 Å². The van der Waals surface area contributed by atoms with Gasteiger partial charge in [-0.05, 0) is 49.0 Å². The normalized spacial score (nSPS) is 10.5. The molecule has 0 aliphatic heterocycles. The monoisotopic (exact) mass is 407 g/mol. The summed E-state index contributed by atoms with van der Waals surface area (Å²) in [5.74, 6) is 0. The first-order valence-corrected chi connectivity index (χ1v) is 9.57. The standard InChI is InChI=1S/C18H15Cl2N3S2/c1-11-22-17(10-25-11)12-3-2-4-15(7-12)23-18(24)21-9-13-5-6-14(19)8-16(13)20/h2-8,10H,9H2,1H3,(H2,21,23,24). The van der Waals surface area contributed by atoms with E-state index in [-0.39, 0.29) is 0 Å². The molecule has 3 nitrogen and oxygen atoms in total. The number of thiazole rings is 1. The summed E-state index contributed by atoms with van der Waals surface area (Å²) in [5, 5.41) is 11.2. The highest BCUT2D eigenvalue weighted by Gasteiger charge is 2.05. The third kappa shape index (κ3) is 4.92. The van der Waals surface area contributed by atoms with Gasteiger partial charge in [-0.2, -0.15) is 0 Å². The van der Waals surface area contributed by atoms with Crippen molar-refractivity contribution in [2.24, 2.45) is 0 Å². The lowest BCUT2D eigenvalue weighted by molar-refractivity contribution is 0.926. The van der Waals surface area contributed by atoms with E-state index in [4.69, 9.17) is 35.4 Å². The van der Waals surface area contributed by atoms with E-state index in [1.165, 1.54) is 0 Å². The summed E-state index contributed by atoms with van der Waals surface area (Å²) in [6.45, 7) is 2.52. The Labute approximate surface area is 166 Å². The highest BCUT2D eigenvalue weighted by molar-refractivity contribution is 7.80. The maximum absolute atomic E-state index is 6.17. The summed E-state index contributed by atoms with van der Waals surface area (Å²) >= 11 is 19.1. The molecule has 0 aliphatic carbocycles.